The molecule has 0 unspecified atom stereocenters. The van der Waals surface area contributed by atoms with Gasteiger partial charge in [0.15, 0.2) is 0 Å². The summed E-state index contributed by atoms with van der Waals surface area (Å²) in [5.41, 5.74) is 4.03. The van der Waals surface area contributed by atoms with Crippen molar-refractivity contribution >= 4 is 0 Å². The normalized spacial score (nSPS) is 12.1. The molecule has 0 saturated carbocycles. The van der Waals surface area contributed by atoms with Gasteiger partial charge in [-0.3, -0.25) is 5.10 Å². The number of hydrogen-bond acceptors (Lipinski definition) is 3. The molecule has 0 aliphatic carbocycles. The molecule has 1 N–H and O–H groups in total. The van der Waals surface area contributed by atoms with Crippen molar-refractivity contribution in [1.82, 2.24) is 20.2 Å². The van der Waals surface area contributed by atoms with E-state index in [1.807, 2.05) is 6.07 Å². The zero-order chi connectivity index (χ0) is 14.0. The highest BCUT2D eigenvalue weighted by atomic mass is 15.1. The van der Waals surface area contributed by atoms with E-state index < -0.39 is 0 Å². The van der Waals surface area contributed by atoms with Gasteiger partial charge >= 0.3 is 0 Å². The molecule has 0 bridgehead atoms. The van der Waals surface area contributed by atoms with Crippen LogP contribution in [0, 0.1) is 5.92 Å². The van der Waals surface area contributed by atoms with Gasteiger partial charge in [-0.2, -0.15) is 5.10 Å². The second kappa shape index (κ2) is 5.11. The van der Waals surface area contributed by atoms with Crippen molar-refractivity contribution in [2.75, 3.05) is 0 Å². The monoisotopic (exact) mass is 258 g/mol. The first-order chi connectivity index (χ1) is 8.86. The third-order valence-electron chi connectivity index (χ3n) is 2.99. The summed E-state index contributed by atoms with van der Waals surface area (Å²) in [4.78, 5) is 8.63. The van der Waals surface area contributed by atoms with Crippen LogP contribution in [0.5, 0.6) is 0 Å². The maximum absolute atomic E-state index is 4.36. The number of rotatable bonds is 3. The maximum Gasteiger partial charge on any atom is 0.116 e. The van der Waals surface area contributed by atoms with Gasteiger partial charge in [0.2, 0.25) is 0 Å². The summed E-state index contributed by atoms with van der Waals surface area (Å²) in [5.74, 6) is 0.590. The molecule has 2 aromatic rings. The molecule has 4 heteroatoms. The van der Waals surface area contributed by atoms with Gasteiger partial charge < -0.3 is 0 Å². The van der Waals surface area contributed by atoms with Crippen LogP contribution in [-0.2, 0) is 11.8 Å². The van der Waals surface area contributed by atoms with Gasteiger partial charge in [-0.15, -0.1) is 0 Å². The molecule has 2 rings (SSSR count). The Morgan fingerprint density at radius 2 is 1.84 bits per heavy atom. The number of H-pyrrole nitrogens is 1. The summed E-state index contributed by atoms with van der Waals surface area (Å²) < 4.78 is 0. The minimum atomic E-state index is 0.0685. The summed E-state index contributed by atoms with van der Waals surface area (Å²) in [6.07, 6.45) is 2.59. The summed E-state index contributed by atoms with van der Waals surface area (Å²) in [6, 6.07) is 4.10. The minimum Gasteiger partial charge on any atom is -0.281 e. The van der Waals surface area contributed by atoms with E-state index in [0.717, 1.165) is 29.2 Å². The molecule has 0 radical (unpaired) electrons. The summed E-state index contributed by atoms with van der Waals surface area (Å²) in [7, 11) is 0. The molecule has 19 heavy (non-hydrogen) atoms. The highest BCUT2D eigenvalue weighted by Gasteiger charge is 2.17. The van der Waals surface area contributed by atoms with E-state index in [1.54, 1.807) is 6.33 Å². The second-order valence-electron chi connectivity index (χ2n) is 6.41. The average Bonchev–Trinajstić information content (AvgIpc) is 2.77. The van der Waals surface area contributed by atoms with Crippen molar-refractivity contribution in [2.24, 2.45) is 5.92 Å². The van der Waals surface area contributed by atoms with E-state index in [0.29, 0.717) is 5.92 Å². The highest BCUT2D eigenvalue weighted by molar-refractivity contribution is 5.54. The smallest absolute Gasteiger partial charge is 0.116 e. The third kappa shape index (κ3) is 3.40. The largest absolute Gasteiger partial charge is 0.281 e. The van der Waals surface area contributed by atoms with Crippen LogP contribution in [0.4, 0.5) is 0 Å². The topological polar surface area (TPSA) is 54.5 Å². The van der Waals surface area contributed by atoms with Crippen LogP contribution in [-0.4, -0.2) is 20.2 Å². The number of aromatic nitrogens is 4. The molecular weight excluding hydrogens is 236 g/mol. The second-order valence-corrected chi connectivity index (χ2v) is 6.41. The molecule has 2 heterocycles. The minimum absolute atomic E-state index is 0.0685. The maximum atomic E-state index is 4.36. The lowest BCUT2D eigenvalue weighted by Crippen LogP contribution is -2.11. The van der Waals surface area contributed by atoms with Gasteiger partial charge in [0.25, 0.3) is 0 Å². The van der Waals surface area contributed by atoms with Crippen LogP contribution in [0.2, 0.25) is 0 Å². The molecule has 4 nitrogen and oxygen atoms in total. The van der Waals surface area contributed by atoms with Gasteiger partial charge in [0.1, 0.15) is 12.0 Å². The first kappa shape index (κ1) is 13.7. The molecule has 2 aromatic heterocycles. The molecule has 0 spiro atoms. The lowest BCUT2D eigenvalue weighted by Gasteiger charge is -2.14. The highest BCUT2D eigenvalue weighted by Crippen LogP contribution is 2.24. The number of aromatic amines is 1. The molecule has 0 aliphatic heterocycles. The fourth-order valence-corrected chi connectivity index (χ4v) is 1.90. The molecule has 0 aromatic carbocycles. The van der Waals surface area contributed by atoms with E-state index in [9.17, 15) is 0 Å². The van der Waals surface area contributed by atoms with Crippen LogP contribution in [0.1, 0.15) is 46.0 Å². The predicted molar refractivity (Wildman–Crippen MR) is 76.9 cm³/mol. The van der Waals surface area contributed by atoms with Gasteiger partial charge in [0, 0.05) is 16.8 Å². The van der Waals surface area contributed by atoms with E-state index in [2.05, 4.69) is 60.9 Å². The predicted octanol–water partition coefficient (Wildman–Crippen LogP) is 3.36. The Hall–Kier alpha value is -1.71. The molecule has 0 saturated heterocycles. The molecular formula is C15H22N4. The van der Waals surface area contributed by atoms with Gasteiger partial charge in [-0.25, -0.2) is 9.97 Å². The summed E-state index contributed by atoms with van der Waals surface area (Å²) in [6.45, 7) is 10.9. The third-order valence-corrected chi connectivity index (χ3v) is 2.99. The number of nitrogens with zero attached hydrogens (tertiary/aromatic N) is 3. The van der Waals surface area contributed by atoms with E-state index >= 15 is 0 Å². The lowest BCUT2D eigenvalue weighted by molar-refractivity contribution is 0.567. The van der Waals surface area contributed by atoms with Crippen LogP contribution in [0.15, 0.2) is 18.5 Å². The van der Waals surface area contributed by atoms with Crippen molar-refractivity contribution in [1.29, 1.82) is 0 Å². The molecule has 0 amide bonds. The van der Waals surface area contributed by atoms with Gasteiger partial charge in [-0.05, 0) is 24.5 Å². The molecule has 0 aliphatic rings. The molecule has 0 atom stereocenters. The first-order valence-corrected chi connectivity index (χ1v) is 6.73. The number of hydrogen-bond donors (Lipinski definition) is 1. The zero-order valence-electron chi connectivity index (χ0n) is 12.4. The van der Waals surface area contributed by atoms with Crippen molar-refractivity contribution in [3.8, 4) is 11.4 Å². The number of nitrogens with one attached hydrogen (secondary N) is 1. The Bertz CT molecular complexity index is 549. The van der Waals surface area contributed by atoms with E-state index in [1.165, 1.54) is 0 Å². The van der Waals surface area contributed by atoms with Crippen LogP contribution >= 0.6 is 0 Å². The van der Waals surface area contributed by atoms with Crippen molar-refractivity contribution in [3.05, 3.63) is 29.8 Å². The standard InChI is InChI=1S/C15H22N4/c1-10(2)6-11-7-12(17-9-16-11)13-8-14(19-18-13)15(3,4)5/h7-10H,6H2,1-5H3,(H,18,19). The van der Waals surface area contributed by atoms with Crippen LogP contribution in [0.3, 0.4) is 0 Å². The molecule has 0 fully saturated rings. The zero-order valence-corrected chi connectivity index (χ0v) is 12.4. The fourth-order valence-electron chi connectivity index (χ4n) is 1.90. The van der Waals surface area contributed by atoms with E-state index in [-0.39, 0.29) is 5.41 Å². The summed E-state index contributed by atoms with van der Waals surface area (Å²) in [5, 5.41) is 7.45. The summed E-state index contributed by atoms with van der Waals surface area (Å²) >= 11 is 0. The fraction of sp³-hybridized carbons (Fsp3) is 0.533. The van der Waals surface area contributed by atoms with Crippen LogP contribution < -0.4 is 0 Å². The van der Waals surface area contributed by atoms with Crippen molar-refractivity contribution < 1.29 is 0 Å². The average molecular weight is 258 g/mol. The van der Waals surface area contributed by atoms with Crippen molar-refractivity contribution in [3.63, 3.8) is 0 Å². The van der Waals surface area contributed by atoms with Crippen molar-refractivity contribution in [2.45, 2.75) is 46.5 Å². The Labute approximate surface area is 114 Å². The lowest BCUT2D eigenvalue weighted by atomic mass is 9.92. The van der Waals surface area contributed by atoms with E-state index in [4.69, 9.17) is 0 Å². The Kier molecular flexibility index (Phi) is 3.69. The van der Waals surface area contributed by atoms with Gasteiger partial charge in [-0.1, -0.05) is 34.6 Å². The van der Waals surface area contributed by atoms with Crippen LogP contribution in [0.25, 0.3) is 11.4 Å². The Balaban J connectivity index is 2.29. The Morgan fingerprint density at radius 3 is 2.42 bits per heavy atom. The SMILES string of the molecule is CC(C)Cc1cc(-c2cc(C(C)(C)C)[nH]n2)ncn1. The first-order valence-electron chi connectivity index (χ1n) is 6.73. The van der Waals surface area contributed by atoms with Gasteiger partial charge in [0.05, 0.1) is 5.69 Å². The molecule has 102 valence electrons. The quantitative estimate of drug-likeness (QED) is 0.918. The Morgan fingerprint density at radius 1 is 1.11 bits per heavy atom.